The number of carbonyl (C=O) groups is 2. The number of para-hydroxylation sites is 1. The van der Waals surface area contributed by atoms with E-state index in [0.29, 0.717) is 11.3 Å². The van der Waals surface area contributed by atoms with Gasteiger partial charge in [-0.05, 0) is 36.8 Å². The fraction of sp³-hybridized carbons (Fsp3) is 0.167. The van der Waals surface area contributed by atoms with E-state index in [1.807, 2.05) is 6.07 Å². The maximum Gasteiger partial charge on any atom is 0.338 e. The fourth-order valence-corrected chi connectivity index (χ4v) is 3.13. The summed E-state index contributed by atoms with van der Waals surface area (Å²) in [5.41, 5.74) is 0.824. The number of nitriles is 1. The van der Waals surface area contributed by atoms with Gasteiger partial charge in [-0.2, -0.15) is 5.26 Å². The van der Waals surface area contributed by atoms with Crippen LogP contribution in [0.5, 0.6) is 0 Å². The number of hydrogen-bond acceptors (Lipinski definition) is 6. The third-order valence-corrected chi connectivity index (χ3v) is 4.71. The Morgan fingerprint density at radius 1 is 1.19 bits per heavy atom. The van der Waals surface area contributed by atoms with Crippen LogP contribution in [0.1, 0.15) is 15.9 Å². The molecule has 0 atom stereocenters. The molecule has 0 bridgehead atoms. The van der Waals surface area contributed by atoms with Crippen LogP contribution in [-0.4, -0.2) is 33.4 Å². The van der Waals surface area contributed by atoms with Crippen molar-refractivity contribution >= 4 is 27.6 Å². The maximum absolute atomic E-state index is 12.3. The molecule has 140 valence electrons. The Balaban J connectivity index is 2.13. The lowest BCUT2D eigenvalue weighted by molar-refractivity contribution is -0.121. The van der Waals surface area contributed by atoms with Gasteiger partial charge in [-0.1, -0.05) is 24.3 Å². The average molecular weight is 387 g/mol. The van der Waals surface area contributed by atoms with Crippen molar-refractivity contribution in [1.82, 2.24) is 0 Å². The van der Waals surface area contributed by atoms with Gasteiger partial charge in [-0.25, -0.2) is 18.4 Å². The Labute approximate surface area is 156 Å². The lowest BCUT2D eigenvalue weighted by Crippen LogP contribution is -2.35. The first-order valence-electron chi connectivity index (χ1n) is 7.77. The average Bonchev–Trinajstić information content (AvgIpc) is 2.64. The van der Waals surface area contributed by atoms with Crippen molar-refractivity contribution in [2.75, 3.05) is 18.1 Å². The van der Waals surface area contributed by atoms with Crippen molar-refractivity contribution in [2.45, 2.75) is 11.8 Å². The lowest BCUT2D eigenvalue weighted by Gasteiger charge is -2.19. The molecule has 0 aromatic heterocycles. The third-order valence-electron chi connectivity index (χ3n) is 3.65. The molecule has 0 spiro atoms. The number of nitrogens with zero attached hydrogens (tertiary/aromatic N) is 2. The molecule has 2 aromatic carbocycles. The molecule has 0 radical (unpaired) electrons. The Bertz CT molecular complexity index is 997. The summed E-state index contributed by atoms with van der Waals surface area (Å²) < 4.78 is 28.1. The molecule has 0 saturated heterocycles. The Morgan fingerprint density at radius 2 is 1.85 bits per heavy atom. The quantitative estimate of drug-likeness (QED) is 0.588. The number of esters is 1. The van der Waals surface area contributed by atoms with Gasteiger partial charge in [-0.15, -0.1) is 0 Å². The summed E-state index contributed by atoms with van der Waals surface area (Å²) in [6, 6.07) is 14.3. The summed E-state index contributed by atoms with van der Waals surface area (Å²) in [6.07, 6.45) is 0. The summed E-state index contributed by atoms with van der Waals surface area (Å²) in [5, 5.41) is 14.0. The van der Waals surface area contributed by atoms with Gasteiger partial charge >= 0.3 is 5.97 Å². The van der Waals surface area contributed by atoms with Crippen LogP contribution in [0.3, 0.4) is 0 Å². The summed E-state index contributed by atoms with van der Waals surface area (Å²) >= 11 is 0. The highest BCUT2D eigenvalue weighted by Gasteiger charge is 2.20. The molecule has 2 N–H and O–H groups in total. The molecule has 0 heterocycles. The molecule has 2 aromatic rings. The van der Waals surface area contributed by atoms with Crippen molar-refractivity contribution in [2.24, 2.45) is 5.14 Å². The largest absolute Gasteiger partial charge is 0.452 e. The maximum atomic E-state index is 12.3. The third kappa shape index (κ3) is 5.13. The van der Waals surface area contributed by atoms with Gasteiger partial charge in [-0.3, -0.25) is 9.69 Å². The van der Waals surface area contributed by atoms with Crippen LogP contribution in [0.2, 0.25) is 0 Å². The van der Waals surface area contributed by atoms with E-state index in [2.05, 4.69) is 0 Å². The van der Waals surface area contributed by atoms with Crippen molar-refractivity contribution in [3.63, 3.8) is 0 Å². The number of amides is 1. The fourth-order valence-electron chi connectivity index (χ4n) is 2.32. The van der Waals surface area contributed by atoms with E-state index in [1.54, 1.807) is 30.3 Å². The van der Waals surface area contributed by atoms with Gasteiger partial charge in [0.15, 0.2) is 6.61 Å². The van der Waals surface area contributed by atoms with Crippen molar-refractivity contribution < 1.29 is 22.7 Å². The molecule has 0 aliphatic rings. The molecule has 0 aliphatic carbocycles. The smallest absolute Gasteiger partial charge is 0.338 e. The topological polar surface area (TPSA) is 131 Å². The number of carbonyl (C=O) groups excluding carboxylic acids is 2. The van der Waals surface area contributed by atoms with Crippen LogP contribution in [-0.2, 0) is 19.6 Å². The van der Waals surface area contributed by atoms with Crippen LogP contribution < -0.4 is 10.0 Å². The monoisotopic (exact) mass is 387 g/mol. The standard InChI is InChI=1S/C18H17N3O5S/c1-13-7-8-14(11-16(13)27(20,24)25)18(23)26-12-17(22)21(10-9-19)15-5-3-2-4-6-15/h2-8,11H,10,12H2,1H3,(H2,20,24,25). The predicted molar refractivity (Wildman–Crippen MR) is 97.2 cm³/mol. The van der Waals surface area contributed by atoms with Gasteiger partial charge in [0, 0.05) is 5.69 Å². The number of ether oxygens (including phenoxy) is 1. The Morgan fingerprint density at radius 3 is 2.44 bits per heavy atom. The van der Waals surface area contributed by atoms with Gasteiger partial charge in [0.2, 0.25) is 10.0 Å². The molecule has 27 heavy (non-hydrogen) atoms. The number of primary sulfonamides is 1. The van der Waals surface area contributed by atoms with E-state index in [-0.39, 0.29) is 17.0 Å². The van der Waals surface area contributed by atoms with Crippen LogP contribution in [0.4, 0.5) is 5.69 Å². The van der Waals surface area contributed by atoms with Gasteiger partial charge in [0.25, 0.3) is 5.91 Å². The van der Waals surface area contributed by atoms with Crippen LogP contribution in [0, 0.1) is 18.3 Å². The summed E-state index contributed by atoms with van der Waals surface area (Å²) in [6.45, 7) is 0.729. The van der Waals surface area contributed by atoms with E-state index in [9.17, 15) is 18.0 Å². The zero-order valence-electron chi connectivity index (χ0n) is 14.5. The SMILES string of the molecule is Cc1ccc(C(=O)OCC(=O)N(CC#N)c2ccccc2)cc1S(N)(=O)=O. The molecule has 2 rings (SSSR count). The molecule has 0 aliphatic heterocycles. The van der Waals surface area contributed by atoms with E-state index >= 15 is 0 Å². The second-order valence-corrected chi connectivity index (χ2v) is 7.10. The normalized spacial score (nSPS) is 10.7. The minimum atomic E-state index is -4.00. The minimum absolute atomic E-state index is 0.0519. The van der Waals surface area contributed by atoms with Gasteiger partial charge in [0.05, 0.1) is 16.5 Å². The minimum Gasteiger partial charge on any atom is -0.452 e. The van der Waals surface area contributed by atoms with E-state index in [1.165, 1.54) is 24.0 Å². The molecular formula is C18H17N3O5S. The number of sulfonamides is 1. The van der Waals surface area contributed by atoms with Crippen molar-refractivity contribution in [3.8, 4) is 6.07 Å². The van der Waals surface area contributed by atoms with Gasteiger partial charge in [0.1, 0.15) is 6.54 Å². The number of rotatable bonds is 6. The highest BCUT2D eigenvalue weighted by atomic mass is 32.2. The second-order valence-electron chi connectivity index (χ2n) is 5.57. The van der Waals surface area contributed by atoms with E-state index < -0.39 is 28.5 Å². The zero-order chi connectivity index (χ0) is 20.0. The summed E-state index contributed by atoms with van der Waals surface area (Å²) in [7, 11) is -4.00. The lowest BCUT2D eigenvalue weighted by atomic mass is 10.1. The van der Waals surface area contributed by atoms with E-state index in [4.69, 9.17) is 15.1 Å². The Kier molecular flexibility index (Phi) is 6.28. The highest BCUT2D eigenvalue weighted by molar-refractivity contribution is 7.89. The predicted octanol–water partition coefficient (Wildman–Crippen LogP) is 1.36. The summed E-state index contributed by atoms with van der Waals surface area (Å²) in [5.74, 6) is -1.46. The summed E-state index contributed by atoms with van der Waals surface area (Å²) in [4.78, 5) is 25.5. The van der Waals surface area contributed by atoms with E-state index in [0.717, 1.165) is 6.07 Å². The van der Waals surface area contributed by atoms with Crippen LogP contribution in [0.25, 0.3) is 0 Å². The number of hydrogen-bond donors (Lipinski definition) is 1. The van der Waals surface area contributed by atoms with Crippen LogP contribution in [0.15, 0.2) is 53.4 Å². The first kappa shape index (κ1) is 20.1. The second kappa shape index (κ2) is 8.44. The molecule has 9 heteroatoms. The first-order chi connectivity index (χ1) is 12.7. The Hall–Kier alpha value is -3.22. The number of nitrogens with two attached hydrogens (primary N) is 1. The number of benzene rings is 2. The van der Waals surface area contributed by atoms with Gasteiger partial charge < -0.3 is 4.74 Å². The molecule has 0 unspecified atom stereocenters. The molecule has 0 saturated carbocycles. The number of aryl methyl sites for hydroxylation is 1. The van der Waals surface area contributed by atoms with Crippen LogP contribution >= 0.6 is 0 Å². The number of anilines is 1. The molecule has 1 amide bonds. The molecule has 0 fully saturated rings. The molecular weight excluding hydrogens is 370 g/mol. The zero-order valence-corrected chi connectivity index (χ0v) is 15.3. The highest BCUT2D eigenvalue weighted by Crippen LogP contribution is 2.17. The first-order valence-corrected chi connectivity index (χ1v) is 9.31. The van der Waals surface area contributed by atoms with Crippen molar-refractivity contribution in [1.29, 1.82) is 5.26 Å². The molecule has 8 nitrogen and oxygen atoms in total. The van der Waals surface area contributed by atoms with Crippen molar-refractivity contribution in [3.05, 3.63) is 59.7 Å².